The van der Waals surface area contributed by atoms with Gasteiger partial charge in [0.05, 0.1) is 4.92 Å². The second-order valence-electron chi connectivity index (χ2n) is 3.84. The molecule has 1 N–H and O–H groups in total. The van der Waals surface area contributed by atoms with Crippen molar-refractivity contribution in [3.63, 3.8) is 0 Å². The maximum Gasteiger partial charge on any atom is 0.356 e. The Kier molecular flexibility index (Phi) is 3.56. The van der Waals surface area contributed by atoms with Gasteiger partial charge in [-0.1, -0.05) is 12.1 Å². The van der Waals surface area contributed by atoms with E-state index in [0.29, 0.717) is 5.56 Å². The lowest BCUT2D eigenvalue weighted by Crippen LogP contribution is -2.03. The van der Waals surface area contributed by atoms with Gasteiger partial charge in [0, 0.05) is 12.1 Å². The highest BCUT2D eigenvalue weighted by Gasteiger charge is 2.18. The first kappa shape index (κ1) is 13.4. The number of hydrogen-bond donors (Lipinski definition) is 1. The van der Waals surface area contributed by atoms with E-state index in [2.05, 4.69) is 10.2 Å². The molecule has 0 aliphatic carbocycles. The molecule has 0 saturated heterocycles. The first-order valence-corrected chi connectivity index (χ1v) is 5.48. The summed E-state index contributed by atoms with van der Waals surface area (Å²) in [6.07, 6.45) is 0. The van der Waals surface area contributed by atoms with Crippen molar-refractivity contribution in [2.24, 2.45) is 0 Å². The number of ether oxygens (including phenoxy) is 1. The number of carbonyl (C=O) groups is 1. The van der Waals surface area contributed by atoms with Crippen LogP contribution in [0.4, 0.5) is 5.69 Å². The lowest BCUT2D eigenvalue weighted by molar-refractivity contribution is -0.385. The zero-order valence-corrected chi connectivity index (χ0v) is 10.3. The third kappa shape index (κ3) is 2.69. The molecular formula is C12H9N3O5. The van der Waals surface area contributed by atoms with Crippen LogP contribution in [0.3, 0.4) is 0 Å². The van der Waals surface area contributed by atoms with E-state index in [4.69, 9.17) is 9.84 Å². The third-order valence-corrected chi connectivity index (χ3v) is 2.45. The molecule has 2 aromatic rings. The van der Waals surface area contributed by atoms with Gasteiger partial charge in [-0.15, -0.1) is 10.2 Å². The SMILES string of the molecule is Cc1cccc([N+](=O)[O-])c1Oc1ccc(C(=O)O)nn1. The minimum atomic E-state index is -1.22. The van der Waals surface area contributed by atoms with Crippen molar-refractivity contribution in [2.45, 2.75) is 6.92 Å². The molecule has 1 aromatic carbocycles. The van der Waals surface area contributed by atoms with Crippen LogP contribution in [0.2, 0.25) is 0 Å². The average Bonchev–Trinajstić information content (AvgIpc) is 2.41. The third-order valence-electron chi connectivity index (χ3n) is 2.45. The summed E-state index contributed by atoms with van der Waals surface area (Å²) in [7, 11) is 0. The Morgan fingerprint density at radius 2 is 2.05 bits per heavy atom. The van der Waals surface area contributed by atoms with Crippen LogP contribution in [0.5, 0.6) is 11.6 Å². The highest BCUT2D eigenvalue weighted by molar-refractivity contribution is 5.84. The molecule has 102 valence electrons. The molecule has 0 fully saturated rings. The number of aryl methyl sites for hydroxylation is 1. The number of aromatic nitrogens is 2. The summed E-state index contributed by atoms with van der Waals surface area (Å²) < 4.78 is 5.33. The van der Waals surface area contributed by atoms with Gasteiger partial charge in [-0.05, 0) is 18.6 Å². The van der Waals surface area contributed by atoms with E-state index >= 15 is 0 Å². The van der Waals surface area contributed by atoms with Gasteiger partial charge in [0.1, 0.15) is 0 Å². The standard InChI is InChI=1S/C12H9N3O5/c1-7-3-2-4-9(15(18)19)11(7)20-10-6-5-8(12(16)17)13-14-10/h2-6H,1H3,(H,16,17). The van der Waals surface area contributed by atoms with E-state index in [1.807, 2.05) is 0 Å². The smallest absolute Gasteiger partial charge is 0.356 e. The van der Waals surface area contributed by atoms with Gasteiger partial charge in [-0.25, -0.2) is 4.79 Å². The summed E-state index contributed by atoms with van der Waals surface area (Å²) >= 11 is 0. The zero-order chi connectivity index (χ0) is 14.7. The van der Waals surface area contributed by atoms with E-state index in [1.165, 1.54) is 18.2 Å². The van der Waals surface area contributed by atoms with Crippen LogP contribution in [0, 0.1) is 17.0 Å². The Labute approximate surface area is 112 Å². The van der Waals surface area contributed by atoms with E-state index in [0.717, 1.165) is 0 Å². The molecule has 8 nitrogen and oxygen atoms in total. The van der Waals surface area contributed by atoms with Crippen LogP contribution in [0.25, 0.3) is 0 Å². The molecule has 2 rings (SSSR count). The largest absolute Gasteiger partial charge is 0.476 e. The highest BCUT2D eigenvalue weighted by atomic mass is 16.6. The van der Waals surface area contributed by atoms with Crippen LogP contribution < -0.4 is 4.74 Å². The van der Waals surface area contributed by atoms with Gasteiger partial charge < -0.3 is 9.84 Å². The van der Waals surface area contributed by atoms with Crippen molar-refractivity contribution in [1.82, 2.24) is 10.2 Å². The van der Waals surface area contributed by atoms with Gasteiger partial charge in [0.15, 0.2) is 5.69 Å². The Morgan fingerprint density at radius 1 is 1.30 bits per heavy atom. The van der Waals surface area contributed by atoms with Gasteiger partial charge in [0.2, 0.25) is 11.6 Å². The normalized spacial score (nSPS) is 10.1. The molecule has 0 saturated carbocycles. The Balaban J connectivity index is 2.34. The highest BCUT2D eigenvalue weighted by Crippen LogP contribution is 2.33. The molecule has 0 spiro atoms. The van der Waals surface area contributed by atoms with E-state index in [9.17, 15) is 14.9 Å². The minimum Gasteiger partial charge on any atom is -0.476 e. The van der Waals surface area contributed by atoms with Crippen molar-refractivity contribution in [2.75, 3.05) is 0 Å². The maximum absolute atomic E-state index is 10.9. The van der Waals surface area contributed by atoms with Crippen molar-refractivity contribution in [1.29, 1.82) is 0 Å². The molecule has 0 bridgehead atoms. The molecule has 0 aliphatic heterocycles. The summed E-state index contributed by atoms with van der Waals surface area (Å²) in [6, 6.07) is 6.99. The molecule has 0 amide bonds. The number of rotatable bonds is 4. The van der Waals surface area contributed by atoms with Crippen LogP contribution in [-0.2, 0) is 0 Å². The van der Waals surface area contributed by atoms with Gasteiger partial charge >= 0.3 is 11.7 Å². The predicted octanol–water partition coefficient (Wildman–Crippen LogP) is 2.18. The van der Waals surface area contributed by atoms with Gasteiger partial charge in [-0.3, -0.25) is 10.1 Å². The lowest BCUT2D eigenvalue weighted by Gasteiger charge is -2.07. The summed E-state index contributed by atoms with van der Waals surface area (Å²) in [4.78, 5) is 21.0. The summed E-state index contributed by atoms with van der Waals surface area (Å²) in [5.74, 6) is -1.19. The quantitative estimate of drug-likeness (QED) is 0.671. The predicted molar refractivity (Wildman–Crippen MR) is 66.9 cm³/mol. The van der Waals surface area contributed by atoms with Gasteiger partial charge in [-0.2, -0.15) is 0 Å². The number of nitrogens with zero attached hydrogens (tertiary/aromatic N) is 3. The van der Waals surface area contributed by atoms with Crippen LogP contribution in [0.1, 0.15) is 16.1 Å². The fourth-order valence-electron chi connectivity index (χ4n) is 1.51. The summed E-state index contributed by atoms with van der Waals surface area (Å²) in [6.45, 7) is 1.65. The van der Waals surface area contributed by atoms with E-state index < -0.39 is 10.9 Å². The van der Waals surface area contributed by atoms with Crippen molar-refractivity contribution < 1.29 is 19.6 Å². The number of aromatic carboxylic acids is 1. The van der Waals surface area contributed by atoms with Crippen LogP contribution in [0.15, 0.2) is 30.3 Å². The number of nitro groups is 1. The fraction of sp³-hybridized carbons (Fsp3) is 0.0833. The Bertz CT molecular complexity index is 669. The van der Waals surface area contributed by atoms with Gasteiger partial charge in [0.25, 0.3) is 0 Å². The molecule has 8 heteroatoms. The molecular weight excluding hydrogens is 266 g/mol. The lowest BCUT2D eigenvalue weighted by atomic mass is 10.2. The second-order valence-corrected chi connectivity index (χ2v) is 3.84. The maximum atomic E-state index is 10.9. The molecule has 1 aromatic heterocycles. The molecule has 0 unspecified atom stereocenters. The first-order valence-electron chi connectivity index (χ1n) is 5.48. The second kappa shape index (κ2) is 5.31. The number of nitro benzene ring substituents is 1. The molecule has 20 heavy (non-hydrogen) atoms. The average molecular weight is 275 g/mol. The number of carboxylic acid groups (broad SMARTS) is 1. The number of hydrogen-bond acceptors (Lipinski definition) is 6. The first-order chi connectivity index (χ1) is 9.49. The van der Waals surface area contributed by atoms with Crippen molar-refractivity contribution in [3.8, 4) is 11.6 Å². The monoisotopic (exact) mass is 275 g/mol. The number of carboxylic acids is 1. The van der Waals surface area contributed by atoms with Crippen LogP contribution in [-0.4, -0.2) is 26.2 Å². The van der Waals surface area contributed by atoms with Crippen molar-refractivity contribution in [3.05, 3.63) is 51.7 Å². The van der Waals surface area contributed by atoms with Crippen molar-refractivity contribution >= 4 is 11.7 Å². The molecule has 0 radical (unpaired) electrons. The van der Waals surface area contributed by atoms with E-state index in [-0.39, 0.29) is 23.0 Å². The summed E-state index contributed by atoms with van der Waals surface area (Å²) in [5, 5.41) is 26.6. The molecule has 0 atom stereocenters. The molecule has 0 aliphatic rings. The summed E-state index contributed by atoms with van der Waals surface area (Å²) in [5.41, 5.74) is 0.119. The molecule has 1 heterocycles. The zero-order valence-electron chi connectivity index (χ0n) is 10.3. The Morgan fingerprint density at radius 3 is 2.60 bits per heavy atom. The minimum absolute atomic E-state index is 0.0209. The number of para-hydroxylation sites is 1. The van der Waals surface area contributed by atoms with E-state index in [1.54, 1.807) is 19.1 Å². The number of benzene rings is 1. The Hall–Kier alpha value is -3.03. The fourth-order valence-corrected chi connectivity index (χ4v) is 1.51. The van der Waals surface area contributed by atoms with Crippen LogP contribution >= 0.6 is 0 Å². The topological polar surface area (TPSA) is 115 Å².